The third-order valence-corrected chi connectivity index (χ3v) is 2.41. The van der Waals surface area contributed by atoms with Crippen LogP contribution in [-0.2, 0) is 0 Å². The molecule has 15 heavy (non-hydrogen) atoms. The van der Waals surface area contributed by atoms with Crippen LogP contribution in [0, 0.1) is 5.82 Å². The highest BCUT2D eigenvalue weighted by Crippen LogP contribution is 2.15. The highest BCUT2D eigenvalue weighted by Gasteiger charge is 2.03. The smallest absolute Gasteiger partial charge is 0.123 e. The van der Waals surface area contributed by atoms with Crippen molar-refractivity contribution in [2.24, 2.45) is 0 Å². The molecule has 1 rings (SSSR count). The summed E-state index contributed by atoms with van der Waals surface area (Å²) in [6.45, 7) is 4.11. The quantitative estimate of drug-likeness (QED) is 0.730. The summed E-state index contributed by atoms with van der Waals surface area (Å²) in [6, 6.07) is 6.53. The van der Waals surface area contributed by atoms with Crippen LogP contribution in [0.25, 0.3) is 0 Å². The van der Waals surface area contributed by atoms with Crippen LogP contribution in [0.2, 0.25) is 0 Å². The van der Waals surface area contributed by atoms with Gasteiger partial charge in [-0.2, -0.15) is 0 Å². The monoisotopic (exact) mass is 211 g/mol. The molecule has 0 fully saturated rings. The predicted molar refractivity (Wildman–Crippen MR) is 60.6 cm³/mol. The van der Waals surface area contributed by atoms with Crippen molar-refractivity contribution >= 4 is 5.69 Å². The fraction of sp³-hybridized carbons (Fsp3) is 0.500. The number of hydrogen-bond acceptors (Lipinski definition) is 2. The number of aliphatic hydroxyl groups is 1. The van der Waals surface area contributed by atoms with Crippen molar-refractivity contribution in [3.8, 4) is 0 Å². The maximum absolute atomic E-state index is 12.7. The summed E-state index contributed by atoms with van der Waals surface area (Å²) >= 11 is 0. The molecule has 3 heteroatoms. The zero-order chi connectivity index (χ0) is 11.1. The molecule has 0 amide bonds. The van der Waals surface area contributed by atoms with Crippen LogP contribution in [0.3, 0.4) is 0 Å². The third-order valence-electron chi connectivity index (χ3n) is 2.41. The molecule has 0 aliphatic carbocycles. The number of halogens is 1. The fourth-order valence-electron chi connectivity index (χ4n) is 1.54. The lowest BCUT2D eigenvalue weighted by atomic mass is 10.2. The third kappa shape index (κ3) is 3.88. The van der Waals surface area contributed by atoms with E-state index in [1.807, 2.05) is 0 Å². The van der Waals surface area contributed by atoms with Crippen molar-refractivity contribution in [2.75, 3.05) is 24.6 Å². The Bertz CT molecular complexity index is 273. The van der Waals surface area contributed by atoms with Gasteiger partial charge < -0.3 is 10.0 Å². The topological polar surface area (TPSA) is 23.5 Å². The molecule has 0 atom stereocenters. The molecule has 1 aromatic rings. The Labute approximate surface area is 90.3 Å². The molecule has 1 N–H and O–H groups in total. The maximum atomic E-state index is 12.7. The van der Waals surface area contributed by atoms with E-state index in [9.17, 15) is 4.39 Å². The summed E-state index contributed by atoms with van der Waals surface area (Å²) in [5.74, 6) is -0.204. The van der Waals surface area contributed by atoms with Crippen LogP contribution in [-0.4, -0.2) is 24.8 Å². The molecule has 0 aliphatic rings. The van der Waals surface area contributed by atoms with Gasteiger partial charge in [0.15, 0.2) is 0 Å². The first-order valence-electron chi connectivity index (χ1n) is 5.39. The van der Waals surface area contributed by atoms with E-state index in [2.05, 4.69) is 11.8 Å². The fourth-order valence-corrected chi connectivity index (χ4v) is 1.54. The average molecular weight is 211 g/mol. The molecule has 0 radical (unpaired) electrons. The molecule has 0 unspecified atom stereocenters. The number of unbranched alkanes of at least 4 members (excludes halogenated alkanes) is 1. The molecular weight excluding hydrogens is 193 g/mol. The molecule has 0 bridgehead atoms. The lowest BCUT2D eigenvalue weighted by Gasteiger charge is -2.22. The first-order chi connectivity index (χ1) is 7.27. The molecule has 2 nitrogen and oxygen atoms in total. The molecule has 0 aromatic heterocycles. The van der Waals surface area contributed by atoms with Gasteiger partial charge in [-0.15, -0.1) is 0 Å². The second kappa shape index (κ2) is 6.40. The Hall–Kier alpha value is -1.09. The standard InChI is InChI=1S/C12H18FNO/c1-2-14(9-3-4-10-15)12-7-5-11(13)6-8-12/h5-8,15H,2-4,9-10H2,1H3. The molecular formula is C12H18FNO. The van der Waals surface area contributed by atoms with Crippen molar-refractivity contribution < 1.29 is 9.50 Å². The number of benzene rings is 1. The summed E-state index contributed by atoms with van der Waals surface area (Å²) in [5.41, 5.74) is 1.04. The van der Waals surface area contributed by atoms with E-state index in [1.54, 1.807) is 12.1 Å². The van der Waals surface area contributed by atoms with Gasteiger partial charge in [-0.1, -0.05) is 0 Å². The highest BCUT2D eigenvalue weighted by molar-refractivity contribution is 5.45. The highest BCUT2D eigenvalue weighted by atomic mass is 19.1. The number of rotatable bonds is 6. The molecule has 84 valence electrons. The largest absolute Gasteiger partial charge is 0.396 e. The van der Waals surface area contributed by atoms with E-state index in [4.69, 9.17) is 5.11 Å². The average Bonchev–Trinajstić information content (AvgIpc) is 2.26. The minimum absolute atomic E-state index is 0.204. The Morgan fingerprint density at radius 2 is 1.87 bits per heavy atom. The maximum Gasteiger partial charge on any atom is 0.123 e. The van der Waals surface area contributed by atoms with Crippen molar-refractivity contribution in [1.82, 2.24) is 0 Å². The Morgan fingerprint density at radius 3 is 2.40 bits per heavy atom. The molecule has 0 aliphatic heterocycles. The lowest BCUT2D eigenvalue weighted by Crippen LogP contribution is -2.23. The second-order valence-corrected chi connectivity index (χ2v) is 3.49. The number of nitrogens with zero attached hydrogens (tertiary/aromatic N) is 1. The summed E-state index contributed by atoms with van der Waals surface area (Å²) < 4.78 is 12.7. The summed E-state index contributed by atoms with van der Waals surface area (Å²) in [5, 5.41) is 8.69. The van der Waals surface area contributed by atoms with Gasteiger partial charge in [0.2, 0.25) is 0 Å². The van der Waals surface area contributed by atoms with E-state index in [0.717, 1.165) is 31.6 Å². The first kappa shape index (κ1) is 12.0. The van der Waals surface area contributed by atoms with Crippen molar-refractivity contribution in [3.05, 3.63) is 30.1 Å². The van der Waals surface area contributed by atoms with E-state index in [1.165, 1.54) is 12.1 Å². The van der Waals surface area contributed by atoms with Crippen LogP contribution in [0.15, 0.2) is 24.3 Å². The summed E-state index contributed by atoms with van der Waals surface area (Å²) in [4.78, 5) is 2.18. The molecule has 0 heterocycles. The van der Waals surface area contributed by atoms with Crippen LogP contribution in [0.5, 0.6) is 0 Å². The van der Waals surface area contributed by atoms with Crippen LogP contribution >= 0.6 is 0 Å². The summed E-state index contributed by atoms with van der Waals surface area (Å²) in [6.07, 6.45) is 1.78. The molecule has 0 spiro atoms. The van der Waals surface area contributed by atoms with E-state index >= 15 is 0 Å². The lowest BCUT2D eigenvalue weighted by molar-refractivity contribution is 0.285. The SMILES string of the molecule is CCN(CCCCO)c1ccc(F)cc1. The number of aliphatic hydroxyl groups excluding tert-OH is 1. The Balaban J connectivity index is 2.53. The van der Waals surface area contributed by atoms with Gasteiger partial charge in [-0.05, 0) is 44.0 Å². The van der Waals surface area contributed by atoms with Gasteiger partial charge in [-0.3, -0.25) is 0 Å². The van der Waals surface area contributed by atoms with Crippen molar-refractivity contribution in [1.29, 1.82) is 0 Å². The van der Waals surface area contributed by atoms with Gasteiger partial charge in [0.25, 0.3) is 0 Å². The zero-order valence-corrected chi connectivity index (χ0v) is 9.12. The molecule has 0 saturated carbocycles. The van der Waals surface area contributed by atoms with Gasteiger partial charge in [0, 0.05) is 25.4 Å². The Morgan fingerprint density at radius 1 is 1.20 bits per heavy atom. The van der Waals surface area contributed by atoms with Crippen LogP contribution in [0.1, 0.15) is 19.8 Å². The molecule has 1 aromatic carbocycles. The van der Waals surface area contributed by atoms with Crippen LogP contribution < -0.4 is 4.90 Å². The minimum atomic E-state index is -0.204. The van der Waals surface area contributed by atoms with E-state index < -0.39 is 0 Å². The van der Waals surface area contributed by atoms with Crippen molar-refractivity contribution in [2.45, 2.75) is 19.8 Å². The number of hydrogen-bond donors (Lipinski definition) is 1. The van der Waals surface area contributed by atoms with Gasteiger partial charge in [-0.25, -0.2) is 4.39 Å². The minimum Gasteiger partial charge on any atom is -0.396 e. The summed E-state index contributed by atoms with van der Waals surface area (Å²) in [7, 11) is 0. The van der Waals surface area contributed by atoms with E-state index in [0.29, 0.717) is 0 Å². The zero-order valence-electron chi connectivity index (χ0n) is 9.12. The first-order valence-corrected chi connectivity index (χ1v) is 5.39. The molecule has 0 saturated heterocycles. The van der Waals surface area contributed by atoms with Crippen LogP contribution in [0.4, 0.5) is 10.1 Å². The van der Waals surface area contributed by atoms with Gasteiger partial charge in [0.1, 0.15) is 5.82 Å². The van der Waals surface area contributed by atoms with E-state index in [-0.39, 0.29) is 12.4 Å². The van der Waals surface area contributed by atoms with Crippen molar-refractivity contribution in [3.63, 3.8) is 0 Å². The predicted octanol–water partition coefficient (Wildman–Crippen LogP) is 2.42. The normalized spacial score (nSPS) is 10.3. The second-order valence-electron chi connectivity index (χ2n) is 3.49. The number of anilines is 1. The Kier molecular flexibility index (Phi) is 5.12. The van der Waals surface area contributed by atoms with Gasteiger partial charge in [0.05, 0.1) is 0 Å². The van der Waals surface area contributed by atoms with Gasteiger partial charge >= 0.3 is 0 Å².